The average Bonchev–Trinajstić information content (AvgIpc) is 2.29. The van der Waals surface area contributed by atoms with Gasteiger partial charge in [0.1, 0.15) is 0 Å². The molecule has 0 aromatic carbocycles. The summed E-state index contributed by atoms with van der Waals surface area (Å²) in [5, 5.41) is 0. The first kappa shape index (κ1) is 16.1. The van der Waals surface area contributed by atoms with Crippen LogP contribution in [0, 0.1) is 0 Å². The molecule has 0 aromatic rings. The third-order valence-corrected chi connectivity index (χ3v) is 6.94. The molecule has 0 aromatic heterocycles. The normalized spacial score (nSPS) is 20.4. The van der Waals surface area contributed by atoms with E-state index in [4.69, 9.17) is 11.6 Å². The molecule has 18 heavy (non-hydrogen) atoms. The van der Waals surface area contributed by atoms with E-state index in [1.807, 2.05) is 0 Å². The van der Waals surface area contributed by atoms with Gasteiger partial charge in [-0.15, -0.1) is 11.6 Å². The molecule has 0 aliphatic carbocycles. The molecule has 7 nitrogen and oxygen atoms in total. The molecule has 0 amide bonds. The van der Waals surface area contributed by atoms with Gasteiger partial charge < -0.3 is 0 Å². The molecule has 1 saturated heterocycles. The lowest BCUT2D eigenvalue weighted by Gasteiger charge is -2.34. The fourth-order valence-electron chi connectivity index (χ4n) is 1.64. The van der Waals surface area contributed by atoms with E-state index in [9.17, 15) is 16.8 Å². The van der Waals surface area contributed by atoms with Crippen LogP contribution in [0.25, 0.3) is 0 Å². The Morgan fingerprint density at radius 2 is 1.44 bits per heavy atom. The highest BCUT2D eigenvalue weighted by molar-refractivity contribution is 7.89. The maximum atomic E-state index is 11.8. The number of sulfonamides is 1. The number of halogens is 1. The smallest absolute Gasteiger partial charge is 0.212 e. The van der Waals surface area contributed by atoms with Crippen LogP contribution < -0.4 is 0 Å². The van der Waals surface area contributed by atoms with Gasteiger partial charge in [0.05, 0.1) is 5.75 Å². The van der Waals surface area contributed by atoms with E-state index in [0.717, 1.165) is 4.31 Å². The van der Waals surface area contributed by atoms with Crippen molar-refractivity contribution in [3.05, 3.63) is 0 Å². The predicted molar refractivity (Wildman–Crippen MR) is 70.3 cm³/mol. The number of alkyl halides is 1. The standard InChI is InChI=1S/C8H18ClN3O4S2/c1-10(2)18(15,16)12-6-4-11(5-7-12)17(13,14)8-3-9/h3-8H2,1-2H3. The Morgan fingerprint density at radius 1 is 1.00 bits per heavy atom. The summed E-state index contributed by atoms with van der Waals surface area (Å²) in [6.45, 7) is 0.683. The monoisotopic (exact) mass is 319 g/mol. The molecule has 1 aliphatic rings. The minimum absolute atomic E-state index is 0.0402. The largest absolute Gasteiger partial charge is 0.281 e. The molecule has 108 valence electrons. The zero-order chi connectivity index (χ0) is 14.0. The van der Waals surface area contributed by atoms with Gasteiger partial charge in [-0.25, -0.2) is 8.42 Å². The topological polar surface area (TPSA) is 78.0 Å². The summed E-state index contributed by atoms with van der Waals surface area (Å²) in [6.07, 6.45) is 0. The van der Waals surface area contributed by atoms with Crippen LogP contribution in [0.2, 0.25) is 0 Å². The van der Waals surface area contributed by atoms with Crippen molar-refractivity contribution in [1.82, 2.24) is 12.9 Å². The molecule has 10 heteroatoms. The summed E-state index contributed by atoms with van der Waals surface area (Å²) >= 11 is 5.43. The van der Waals surface area contributed by atoms with E-state index in [2.05, 4.69) is 0 Å². The van der Waals surface area contributed by atoms with Crippen molar-refractivity contribution in [3.8, 4) is 0 Å². The van der Waals surface area contributed by atoms with Gasteiger partial charge >= 0.3 is 0 Å². The van der Waals surface area contributed by atoms with Crippen LogP contribution in [-0.4, -0.2) is 81.7 Å². The summed E-state index contributed by atoms with van der Waals surface area (Å²) in [7, 11) is -3.92. The molecule has 0 N–H and O–H groups in total. The number of piperazine rings is 1. The molecule has 1 heterocycles. The minimum Gasteiger partial charge on any atom is -0.212 e. The van der Waals surface area contributed by atoms with Crippen LogP contribution in [0.5, 0.6) is 0 Å². The SMILES string of the molecule is CN(C)S(=O)(=O)N1CCN(S(=O)(=O)CCCl)CC1. The Hall–Kier alpha value is 0.0700. The first-order chi connectivity index (χ1) is 8.21. The van der Waals surface area contributed by atoms with Crippen molar-refractivity contribution < 1.29 is 16.8 Å². The van der Waals surface area contributed by atoms with Gasteiger partial charge in [0.25, 0.3) is 10.2 Å². The first-order valence-electron chi connectivity index (χ1n) is 5.43. The third kappa shape index (κ3) is 3.55. The van der Waals surface area contributed by atoms with Crippen molar-refractivity contribution in [3.63, 3.8) is 0 Å². The summed E-state index contributed by atoms with van der Waals surface area (Å²) in [5.74, 6) is -0.0759. The molecule has 1 aliphatic heterocycles. The lowest BCUT2D eigenvalue weighted by molar-refractivity contribution is 0.263. The van der Waals surface area contributed by atoms with Crippen LogP contribution in [-0.2, 0) is 20.2 Å². The van der Waals surface area contributed by atoms with E-state index in [0.29, 0.717) is 0 Å². The fourth-order valence-corrected chi connectivity index (χ4v) is 4.48. The van der Waals surface area contributed by atoms with Crippen LogP contribution in [0.1, 0.15) is 0 Å². The van der Waals surface area contributed by atoms with E-state index in [1.54, 1.807) is 0 Å². The van der Waals surface area contributed by atoms with Crippen LogP contribution in [0.3, 0.4) is 0 Å². The van der Waals surface area contributed by atoms with Crippen LogP contribution in [0.15, 0.2) is 0 Å². The fraction of sp³-hybridized carbons (Fsp3) is 1.00. The molecule has 0 spiro atoms. The molecule has 1 fully saturated rings. The van der Waals surface area contributed by atoms with E-state index < -0.39 is 20.2 Å². The van der Waals surface area contributed by atoms with Crippen molar-refractivity contribution in [2.75, 3.05) is 51.9 Å². The van der Waals surface area contributed by atoms with Crippen molar-refractivity contribution >= 4 is 31.8 Å². The van der Waals surface area contributed by atoms with E-state index >= 15 is 0 Å². The number of hydrogen-bond donors (Lipinski definition) is 0. The molecule has 0 unspecified atom stereocenters. The van der Waals surface area contributed by atoms with Crippen LogP contribution >= 0.6 is 11.6 Å². The molecule has 0 saturated carbocycles. The van der Waals surface area contributed by atoms with Gasteiger partial charge in [-0.3, -0.25) is 0 Å². The number of hydrogen-bond acceptors (Lipinski definition) is 4. The maximum absolute atomic E-state index is 11.8. The van der Waals surface area contributed by atoms with Crippen molar-refractivity contribution in [2.45, 2.75) is 0 Å². The summed E-state index contributed by atoms with van der Waals surface area (Å²) < 4.78 is 50.8. The summed E-state index contributed by atoms with van der Waals surface area (Å²) in [4.78, 5) is 0. The van der Waals surface area contributed by atoms with Crippen molar-refractivity contribution in [2.24, 2.45) is 0 Å². The summed E-state index contributed by atoms with van der Waals surface area (Å²) in [5.41, 5.74) is 0. The summed E-state index contributed by atoms with van der Waals surface area (Å²) in [6, 6.07) is 0. The molecule has 1 rings (SSSR count). The average molecular weight is 320 g/mol. The Kier molecular flexibility index (Phi) is 5.39. The third-order valence-electron chi connectivity index (χ3n) is 2.71. The van der Waals surface area contributed by atoms with Gasteiger partial charge in [-0.1, -0.05) is 0 Å². The molecule has 0 radical (unpaired) electrons. The molecule has 0 bridgehead atoms. The van der Waals surface area contributed by atoms with Gasteiger partial charge in [-0.05, 0) is 0 Å². The lowest BCUT2D eigenvalue weighted by atomic mass is 10.4. The highest BCUT2D eigenvalue weighted by Gasteiger charge is 2.32. The van der Waals surface area contributed by atoms with E-state index in [-0.39, 0.29) is 37.8 Å². The highest BCUT2D eigenvalue weighted by atomic mass is 35.5. The van der Waals surface area contributed by atoms with Gasteiger partial charge in [0, 0.05) is 46.2 Å². The highest BCUT2D eigenvalue weighted by Crippen LogP contribution is 2.12. The second kappa shape index (κ2) is 6.02. The molecular formula is C8H18ClN3O4S2. The zero-order valence-corrected chi connectivity index (χ0v) is 12.8. The number of rotatable bonds is 5. The number of nitrogens with zero attached hydrogens (tertiary/aromatic N) is 3. The van der Waals surface area contributed by atoms with Gasteiger partial charge in [0.15, 0.2) is 0 Å². The second-order valence-electron chi connectivity index (χ2n) is 4.09. The van der Waals surface area contributed by atoms with E-state index in [1.165, 1.54) is 22.7 Å². The maximum Gasteiger partial charge on any atom is 0.281 e. The quantitative estimate of drug-likeness (QED) is 0.608. The molecular weight excluding hydrogens is 302 g/mol. The Morgan fingerprint density at radius 3 is 1.83 bits per heavy atom. The van der Waals surface area contributed by atoms with Crippen LogP contribution in [0.4, 0.5) is 0 Å². The predicted octanol–water partition coefficient (Wildman–Crippen LogP) is -1.02. The zero-order valence-electron chi connectivity index (χ0n) is 10.4. The molecule has 0 atom stereocenters. The second-order valence-corrected chi connectivity index (χ2v) is 8.70. The minimum atomic E-state index is -3.46. The van der Waals surface area contributed by atoms with Gasteiger partial charge in [0.2, 0.25) is 10.0 Å². The van der Waals surface area contributed by atoms with Gasteiger partial charge in [-0.2, -0.15) is 21.3 Å². The Labute approximate surface area is 114 Å². The van der Waals surface area contributed by atoms with Crippen molar-refractivity contribution in [1.29, 1.82) is 0 Å². The lowest BCUT2D eigenvalue weighted by Crippen LogP contribution is -2.53. The Bertz CT molecular complexity index is 469. The Balaban J connectivity index is 2.68. The first-order valence-corrected chi connectivity index (χ1v) is 8.97.